The first-order valence-corrected chi connectivity index (χ1v) is 5.94. The van der Waals surface area contributed by atoms with Crippen molar-refractivity contribution < 1.29 is 0 Å². The number of rotatable bonds is 3. The molecule has 1 aromatic rings. The highest BCUT2D eigenvalue weighted by Crippen LogP contribution is 2.34. The molecule has 0 bridgehead atoms. The van der Waals surface area contributed by atoms with Crippen LogP contribution < -0.4 is 17.0 Å². The van der Waals surface area contributed by atoms with E-state index in [1.165, 1.54) is 25.7 Å². The van der Waals surface area contributed by atoms with E-state index in [2.05, 4.69) is 15.4 Å². The van der Waals surface area contributed by atoms with Gasteiger partial charge >= 0.3 is 0 Å². The molecule has 0 spiro atoms. The van der Waals surface area contributed by atoms with Gasteiger partial charge in [-0.2, -0.15) is 4.98 Å². The van der Waals surface area contributed by atoms with Crippen molar-refractivity contribution in [2.75, 3.05) is 11.2 Å². The van der Waals surface area contributed by atoms with E-state index in [1.54, 1.807) is 11.8 Å². The van der Waals surface area contributed by atoms with E-state index in [1.807, 2.05) is 6.07 Å². The van der Waals surface area contributed by atoms with E-state index in [0.29, 0.717) is 11.1 Å². The van der Waals surface area contributed by atoms with Crippen LogP contribution in [0.25, 0.3) is 0 Å². The predicted octanol–water partition coefficient (Wildman–Crippen LogP) is 1.38. The van der Waals surface area contributed by atoms with Gasteiger partial charge in [0, 0.05) is 11.3 Å². The molecule has 0 saturated heterocycles. The second-order valence-corrected chi connectivity index (χ2v) is 4.94. The van der Waals surface area contributed by atoms with Crippen molar-refractivity contribution in [1.29, 1.82) is 0 Å². The molecule has 0 aliphatic heterocycles. The van der Waals surface area contributed by atoms with Gasteiger partial charge in [-0.05, 0) is 12.8 Å². The van der Waals surface area contributed by atoms with Crippen molar-refractivity contribution in [3.63, 3.8) is 0 Å². The molecule has 82 valence electrons. The highest BCUT2D eigenvalue weighted by molar-refractivity contribution is 7.99. The number of nitrogen functional groups attached to an aromatic ring is 2. The van der Waals surface area contributed by atoms with Crippen molar-refractivity contribution in [2.24, 2.45) is 5.84 Å². The van der Waals surface area contributed by atoms with Crippen LogP contribution in [0.3, 0.4) is 0 Å². The average molecular weight is 225 g/mol. The third kappa shape index (κ3) is 2.73. The van der Waals surface area contributed by atoms with Gasteiger partial charge in [-0.15, -0.1) is 11.8 Å². The maximum atomic E-state index is 5.58. The Morgan fingerprint density at radius 3 is 2.73 bits per heavy atom. The Bertz CT molecular complexity index is 337. The summed E-state index contributed by atoms with van der Waals surface area (Å²) in [6.45, 7) is 0. The lowest BCUT2D eigenvalue weighted by Crippen LogP contribution is -2.10. The van der Waals surface area contributed by atoms with Gasteiger partial charge in [-0.25, -0.2) is 10.8 Å². The van der Waals surface area contributed by atoms with Gasteiger partial charge in [0.15, 0.2) is 0 Å². The van der Waals surface area contributed by atoms with Gasteiger partial charge in [0.05, 0.1) is 0 Å². The first-order chi connectivity index (χ1) is 7.28. The molecule has 1 aliphatic rings. The van der Waals surface area contributed by atoms with Crippen molar-refractivity contribution in [2.45, 2.75) is 36.0 Å². The minimum absolute atomic E-state index is 0.269. The first-order valence-electron chi connectivity index (χ1n) is 5.06. The van der Waals surface area contributed by atoms with Crippen LogP contribution in [-0.2, 0) is 0 Å². The standard InChI is InChI=1S/C9H15N5S/c10-9-12-7(14-11)5-8(13-9)15-6-3-1-2-4-6/h5-6H,1-4,11H2,(H3,10,12,13,14). The normalized spacial score (nSPS) is 16.9. The molecule has 0 aromatic carbocycles. The molecule has 0 radical (unpaired) electrons. The molecular weight excluding hydrogens is 210 g/mol. The Balaban J connectivity index is 2.09. The van der Waals surface area contributed by atoms with Crippen LogP contribution in [-0.4, -0.2) is 15.2 Å². The lowest BCUT2D eigenvalue weighted by atomic mass is 10.4. The molecule has 1 aliphatic carbocycles. The zero-order chi connectivity index (χ0) is 10.7. The van der Waals surface area contributed by atoms with Crippen LogP contribution in [0.1, 0.15) is 25.7 Å². The third-order valence-corrected chi connectivity index (χ3v) is 3.71. The minimum atomic E-state index is 0.269. The van der Waals surface area contributed by atoms with Crippen LogP contribution in [0.5, 0.6) is 0 Å². The molecule has 0 atom stereocenters. The lowest BCUT2D eigenvalue weighted by Gasteiger charge is -2.09. The van der Waals surface area contributed by atoms with E-state index in [4.69, 9.17) is 11.6 Å². The molecule has 0 unspecified atom stereocenters. The fourth-order valence-corrected chi connectivity index (χ4v) is 2.99. The van der Waals surface area contributed by atoms with Gasteiger partial charge in [0.2, 0.25) is 5.95 Å². The molecular formula is C9H15N5S. The van der Waals surface area contributed by atoms with E-state index >= 15 is 0 Å². The van der Waals surface area contributed by atoms with Crippen molar-refractivity contribution in [3.8, 4) is 0 Å². The third-order valence-electron chi connectivity index (χ3n) is 2.46. The summed E-state index contributed by atoms with van der Waals surface area (Å²) in [7, 11) is 0. The summed E-state index contributed by atoms with van der Waals surface area (Å²) in [6, 6.07) is 1.83. The van der Waals surface area contributed by atoms with Crippen LogP contribution in [0, 0.1) is 0 Å². The van der Waals surface area contributed by atoms with E-state index in [-0.39, 0.29) is 5.95 Å². The molecule has 1 fully saturated rings. The average Bonchev–Trinajstić information content (AvgIpc) is 2.69. The zero-order valence-electron chi connectivity index (χ0n) is 8.44. The van der Waals surface area contributed by atoms with E-state index < -0.39 is 0 Å². The number of anilines is 2. The quantitative estimate of drug-likeness (QED) is 0.409. The summed E-state index contributed by atoms with van der Waals surface area (Å²) in [4.78, 5) is 8.12. The number of nitrogens with one attached hydrogen (secondary N) is 1. The monoisotopic (exact) mass is 225 g/mol. The van der Waals surface area contributed by atoms with Crippen LogP contribution >= 0.6 is 11.8 Å². The summed E-state index contributed by atoms with van der Waals surface area (Å²) >= 11 is 1.77. The predicted molar refractivity (Wildman–Crippen MR) is 62.4 cm³/mol. The molecule has 15 heavy (non-hydrogen) atoms. The Morgan fingerprint density at radius 1 is 1.33 bits per heavy atom. The SMILES string of the molecule is NNc1cc(SC2CCCC2)nc(N)n1. The van der Waals surface area contributed by atoms with Gasteiger partial charge in [-0.1, -0.05) is 12.8 Å². The topological polar surface area (TPSA) is 89.8 Å². The fraction of sp³-hybridized carbons (Fsp3) is 0.556. The number of hydrogen-bond donors (Lipinski definition) is 3. The van der Waals surface area contributed by atoms with Crippen molar-refractivity contribution in [1.82, 2.24) is 9.97 Å². The smallest absolute Gasteiger partial charge is 0.223 e. The summed E-state index contributed by atoms with van der Waals surface area (Å²) in [5.74, 6) is 6.13. The Hall–Kier alpha value is -1.01. The molecule has 1 heterocycles. The van der Waals surface area contributed by atoms with Crippen molar-refractivity contribution in [3.05, 3.63) is 6.07 Å². The number of hydrogen-bond acceptors (Lipinski definition) is 6. The van der Waals surface area contributed by atoms with Gasteiger partial charge in [-0.3, -0.25) is 0 Å². The number of nitrogens with zero attached hydrogens (tertiary/aromatic N) is 2. The molecule has 5 nitrogen and oxygen atoms in total. The first kappa shape index (κ1) is 10.5. The highest BCUT2D eigenvalue weighted by Gasteiger charge is 2.17. The fourth-order valence-electron chi connectivity index (χ4n) is 1.75. The number of nitrogens with two attached hydrogens (primary N) is 2. The molecule has 5 N–H and O–H groups in total. The van der Waals surface area contributed by atoms with E-state index in [9.17, 15) is 0 Å². The van der Waals surface area contributed by atoms with Crippen LogP contribution in [0.4, 0.5) is 11.8 Å². The molecule has 1 saturated carbocycles. The van der Waals surface area contributed by atoms with Gasteiger partial charge in [0.25, 0.3) is 0 Å². The van der Waals surface area contributed by atoms with E-state index in [0.717, 1.165) is 5.03 Å². The Kier molecular flexibility index (Phi) is 3.27. The zero-order valence-corrected chi connectivity index (χ0v) is 9.26. The molecule has 1 aromatic heterocycles. The Morgan fingerprint density at radius 2 is 2.07 bits per heavy atom. The second-order valence-electron chi connectivity index (χ2n) is 3.62. The summed E-state index contributed by atoms with van der Waals surface area (Å²) < 4.78 is 0. The lowest BCUT2D eigenvalue weighted by molar-refractivity contribution is 0.886. The maximum Gasteiger partial charge on any atom is 0.223 e. The maximum absolute atomic E-state index is 5.58. The van der Waals surface area contributed by atoms with Gasteiger partial charge in [0.1, 0.15) is 10.8 Å². The summed E-state index contributed by atoms with van der Waals surface area (Å²) in [6.07, 6.45) is 5.17. The number of hydrazine groups is 1. The largest absolute Gasteiger partial charge is 0.368 e. The number of aromatic nitrogens is 2. The second kappa shape index (κ2) is 4.67. The number of thioether (sulfide) groups is 1. The Labute approximate surface area is 93.0 Å². The minimum Gasteiger partial charge on any atom is -0.368 e. The van der Waals surface area contributed by atoms with Crippen LogP contribution in [0.2, 0.25) is 0 Å². The summed E-state index contributed by atoms with van der Waals surface area (Å²) in [5, 5.41) is 1.58. The molecule has 2 rings (SSSR count). The van der Waals surface area contributed by atoms with Gasteiger partial charge < -0.3 is 11.2 Å². The molecule has 6 heteroatoms. The summed E-state index contributed by atoms with van der Waals surface area (Å²) in [5.41, 5.74) is 8.07. The highest BCUT2D eigenvalue weighted by atomic mass is 32.2. The van der Waals surface area contributed by atoms with Crippen LogP contribution in [0.15, 0.2) is 11.1 Å². The van der Waals surface area contributed by atoms with Crippen molar-refractivity contribution >= 4 is 23.5 Å². The molecule has 0 amide bonds.